The van der Waals surface area contributed by atoms with E-state index in [1.54, 1.807) is 0 Å². The minimum absolute atomic E-state index is 0.0861. The summed E-state index contributed by atoms with van der Waals surface area (Å²) in [6.45, 7) is -3.43. The SMILES string of the molecule is O=C(COc1ccc(F)cc1F)c1ccc(OC(F)F)cc1. The van der Waals surface area contributed by atoms with Crippen LogP contribution >= 0.6 is 0 Å². The van der Waals surface area contributed by atoms with Crippen molar-refractivity contribution < 1.29 is 31.8 Å². The van der Waals surface area contributed by atoms with Gasteiger partial charge in [0, 0.05) is 11.6 Å². The van der Waals surface area contributed by atoms with Gasteiger partial charge in [0.1, 0.15) is 11.6 Å². The molecule has 22 heavy (non-hydrogen) atoms. The summed E-state index contributed by atoms with van der Waals surface area (Å²) in [7, 11) is 0. The van der Waals surface area contributed by atoms with Crippen molar-refractivity contribution in [3.63, 3.8) is 0 Å². The van der Waals surface area contributed by atoms with Crippen LogP contribution in [-0.2, 0) is 0 Å². The van der Waals surface area contributed by atoms with Crippen molar-refractivity contribution in [3.05, 3.63) is 59.7 Å². The molecule has 2 aromatic rings. The lowest BCUT2D eigenvalue weighted by atomic mass is 10.1. The molecule has 0 radical (unpaired) electrons. The molecule has 0 aliphatic rings. The van der Waals surface area contributed by atoms with Crippen molar-refractivity contribution in [2.75, 3.05) is 6.61 Å². The third-order valence-corrected chi connectivity index (χ3v) is 2.65. The van der Waals surface area contributed by atoms with Crippen molar-refractivity contribution in [2.24, 2.45) is 0 Å². The predicted molar refractivity (Wildman–Crippen MR) is 69.3 cm³/mol. The van der Waals surface area contributed by atoms with E-state index in [1.807, 2.05) is 0 Å². The zero-order valence-corrected chi connectivity index (χ0v) is 11.1. The number of carbonyl (C=O) groups is 1. The van der Waals surface area contributed by atoms with Crippen LogP contribution in [0.2, 0.25) is 0 Å². The molecule has 2 rings (SSSR count). The highest BCUT2D eigenvalue weighted by Crippen LogP contribution is 2.19. The number of rotatable bonds is 6. The minimum atomic E-state index is -2.95. The van der Waals surface area contributed by atoms with E-state index in [4.69, 9.17) is 4.74 Å². The third kappa shape index (κ3) is 4.21. The first-order valence-corrected chi connectivity index (χ1v) is 6.11. The van der Waals surface area contributed by atoms with Crippen molar-refractivity contribution in [1.82, 2.24) is 0 Å². The van der Waals surface area contributed by atoms with Crippen molar-refractivity contribution in [3.8, 4) is 11.5 Å². The van der Waals surface area contributed by atoms with Gasteiger partial charge in [0.2, 0.25) is 0 Å². The summed E-state index contributed by atoms with van der Waals surface area (Å²) in [5, 5.41) is 0. The second-order valence-corrected chi connectivity index (χ2v) is 4.19. The van der Waals surface area contributed by atoms with Crippen LogP contribution in [0.4, 0.5) is 17.6 Å². The zero-order valence-electron chi connectivity index (χ0n) is 11.1. The summed E-state index contributed by atoms with van der Waals surface area (Å²) in [6, 6.07) is 7.68. The zero-order chi connectivity index (χ0) is 16.1. The molecule has 0 aromatic heterocycles. The van der Waals surface area contributed by atoms with Gasteiger partial charge in [-0.15, -0.1) is 0 Å². The van der Waals surface area contributed by atoms with E-state index in [0.29, 0.717) is 6.07 Å². The molecule has 0 saturated heterocycles. The summed E-state index contributed by atoms with van der Waals surface area (Å²) in [5.74, 6) is -2.52. The van der Waals surface area contributed by atoms with Crippen LogP contribution < -0.4 is 9.47 Å². The maximum Gasteiger partial charge on any atom is 0.387 e. The molecule has 0 aliphatic carbocycles. The fourth-order valence-electron chi connectivity index (χ4n) is 1.64. The van der Waals surface area contributed by atoms with Gasteiger partial charge in [-0.3, -0.25) is 4.79 Å². The van der Waals surface area contributed by atoms with Gasteiger partial charge in [0.05, 0.1) is 0 Å². The second-order valence-electron chi connectivity index (χ2n) is 4.19. The predicted octanol–water partition coefficient (Wildman–Crippen LogP) is 3.83. The lowest BCUT2D eigenvalue weighted by Gasteiger charge is -2.08. The molecule has 0 spiro atoms. The minimum Gasteiger partial charge on any atom is -0.482 e. The van der Waals surface area contributed by atoms with Gasteiger partial charge in [0.25, 0.3) is 0 Å². The average Bonchev–Trinajstić information content (AvgIpc) is 2.46. The van der Waals surface area contributed by atoms with E-state index in [1.165, 1.54) is 24.3 Å². The highest BCUT2D eigenvalue weighted by molar-refractivity contribution is 5.97. The van der Waals surface area contributed by atoms with Crippen molar-refractivity contribution >= 4 is 5.78 Å². The molecule has 0 aliphatic heterocycles. The number of benzene rings is 2. The van der Waals surface area contributed by atoms with Gasteiger partial charge >= 0.3 is 6.61 Å². The molecule has 7 heteroatoms. The summed E-state index contributed by atoms with van der Waals surface area (Å²) >= 11 is 0. The average molecular weight is 314 g/mol. The Bertz CT molecular complexity index is 656. The Balaban J connectivity index is 1.97. The highest BCUT2D eigenvalue weighted by Gasteiger charge is 2.11. The number of alkyl halides is 2. The maximum absolute atomic E-state index is 13.3. The Hall–Kier alpha value is -2.57. The number of ketones is 1. The Labute approximate surface area is 123 Å². The number of hydrogen-bond donors (Lipinski definition) is 0. The van der Waals surface area contributed by atoms with Gasteiger partial charge in [-0.1, -0.05) is 0 Å². The van der Waals surface area contributed by atoms with Crippen LogP contribution in [0.5, 0.6) is 11.5 Å². The Morgan fingerprint density at radius 1 is 1.05 bits per heavy atom. The Morgan fingerprint density at radius 2 is 1.73 bits per heavy atom. The quantitative estimate of drug-likeness (QED) is 0.600. The maximum atomic E-state index is 13.3. The van der Waals surface area contributed by atoms with E-state index >= 15 is 0 Å². The molecule has 0 atom stereocenters. The van der Waals surface area contributed by atoms with Crippen LogP contribution in [0, 0.1) is 11.6 Å². The lowest BCUT2D eigenvalue weighted by Crippen LogP contribution is -2.12. The molecule has 0 amide bonds. The summed E-state index contributed by atoms with van der Waals surface area (Å²) in [5.41, 5.74) is 0.184. The van der Waals surface area contributed by atoms with Crippen LogP contribution in [0.15, 0.2) is 42.5 Å². The molecule has 0 fully saturated rings. The van der Waals surface area contributed by atoms with Crippen LogP contribution in [0.3, 0.4) is 0 Å². The Kier molecular flexibility index (Phi) is 4.98. The topological polar surface area (TPSA) is 35.5 Å². The molecule has 0 bridgehead atoms. The van der Waals surface area contributed by atoms with Gasteiger partial charge in [-0.05, 0) is 36.4 Å². The highest BCUT2D eigenvalue weighted by atomic mass is 19.3. The van der Waals surface area contributed by atoms with Gasteiger partial charge in [-0.2, -0.15) is 8.78 Å². The molecular formula is C15H10F4O3. The molecule has 116 valence electrons. The number of carbonyl (C=O) groups excluding carboxylic acids is 1. The fourth-order valence-corrected chi connectivity index (χ4v) is 1.64. The lowest BCUT2D eigenvalue weighted by molar-refractivity contribution is -0.0498. The Morgan fingerprint density at radius 3 is 2.32 bits per heavy atom. The van der Waals surface area contributed by atoms with Gasteiger partial charge in [0.15, 0.2) is 24.0 Å². The number of ether oxygens (including phenoxy) is 2. The first-order chi connectivity index (χ1) is 10.5. The molecule has 0 saturated carbocycles. The molecule has 0 heterocycles. The van der Waals surface area contributed by atoms with Crippen LogP contribution in [-0.4, -0.2) is 19.0 Å². The van der Waals surface area contributed by atoms with E-state index in [-0.39, 0.29) is 17.1 Å². The monoisotopic (exact) mass is 314 g/mol. The normalized spacial score (nSPS) is 10.6. The third-order valence-electron chi connectivity index (χ3n) is 2.65. The van der Waals surface area contributed by atoms with E-state index < -0.39 is 30.6 Å². The largest absolute Gasteiger partial charge is 0.482 e. The first kappa shape index (κ1) is 15.8. The standard InChI is InChI=1S/C15H10F4O3/c16-10-3-6-14(12(17)7-10)21-8-13(20)9-1-4-11(5-2-9)22-15(18)19/h1-7,15H,8H2. The summed E-state index contributed by atoms with van der Waals surface area (Å²) in [4.78, 5) is 11.8. The summed E-state index contributed by atoms with van der Waals surface area (Å²) in [6.07, 6.45) is 0. The van der Waals surface area contributed by atoms with E-state index in [0.717, 1.165) is 12.1 Å². The first-order valence-electron chi connectivity index (χ1n) is 6.11. The van der Waals surface area contributed by atoms with Crippen molar-refractivity contribution in [1.29, 1.82) is 0 Å². The number of halogens is 4. The van der Waals surface area contributed by atoms with E-state index in [9.17, 15) is 22.4 Å². The number of Topliss-reactive ketones (excluding diaryl/α,β-unsaturated/α-hetero) is 1. The molecule has 2 aromatic carbocycles. The molecule has 3 nitrogen and oxygen atoms in total. The molecule has 0 unspecified atom stereocenters. The second kappa shape index (κ2) is 6.93. The van der Waals surface area contributed by atoms with E-state index in [2.05, 4.69) is 4.74 Å². The van der Waals surface area contributed by atoms with Crippen LogP contribution in [0.1, 0.15) is 10.4 Å². The summed E-state index contributed by atoms with van der Waals surface area (Å²) < 4.78 is 59.1. The molecular weight excluding hydrogens is 304 g/mol. The fraction of sp³-hybridized carbons (Fsp3) is 0.133. The van der Waals surface area contributed by atoms with Gasteiger partial charge in [-0.25, -0.2) is 8.78 Å². The molecule has 0 N–H and O–H groups in total. The van der Waals surface area contributed by atoms with Gasteiger partial charge < -0.3 is 9.47 Å². The smallest absolute Gasteiger partial charge is 0.387 e. The van der Waals surface area contributed by atoms with Crippen LogP contribution in [0.25, 0.3) is 0 Å². The number of hydrogen-bond acceptors (Lipinski definition) is 3. The van der Waals surface area contributed by atoms with Crippen molar-refractivity contribution in [2.45, 2.75) is 6.61 Å².